The minimum Gasteiger partial charge on any atom is -0.391 e. The summed E-state index contributed by atoms with van der Waals surface area (Å²) in [5.41, 5.74) is 0. The fourth-order valence-electron chi connectivity index (χ4n) is 3.76. The summed E-state index contributed by atoms with van der Waals surface area (Å²) in [6.07, 6.45) is 15.7. The molecule has 1 rings (SSSR count). The molecule has 2 nitrogen and oxygen atoms in total. The summed E-state index contributed by atoms with van der Waals surface area (Å²) in [5, 5.41) is 12.6. The SMILES string of the molecule is CCCCCCCCN(CCCCCCCC)C(c1cccs1)C(C)O. The van der Waals surface area contributed by atoms with Crippen LogP contribution in [0.2, 0.25) is 0 Å². The lowest BCUT2D eigenvalue weighted by atomic mass is 10.1. The number of rotatable bonds is 17. The predicted octanol–water partition coefficient (Wildman–Crippen LogP) is 7.19. The number of hydrogen-bond acceptors (Lipinski definition) is 3. The molecule has 0 aliphatic carbocycles. The van der Waals surface area contributed by atoms with Gasteiger partial charge in [-0.25, -0.2) is 0 Å². The van der Waals surface area contributed by atoms with Gasteiger partial charge in [0.1, 0.15) is 0 Å². The number of hydrogen-bond donors (Lipinski definition) is 1. The van der Waals surface area contributed by atoms with E-state index < -0.39 is 0 Å². The smallest absolute Gasteiger partial charge is 0.0716 e. The van der Waals surface area contributed by atoms with Gasteiger partial charge in [-0.05, 0) is 44.3 Å². The van der Waals surface area contributed by atoms with E-state index in [1.165, 1.54) is 81.9 Å². The minimum atomic E-state index is -0.311. The zero-order valence-electron chi connectivity index (χ0n) is 17.6. The molecule has 3 heteroatoms. The Morgan fingerprint density at radius 1 is 0.846 bits per heavy atom. The molecule has 1 aromatic rings. The largest absolute Gasteiger partial charge is 0.391 e. The Morgan fingerprint density at radius 2 is 1.35 bits per heavy atom. The zero-order chi connectivity index (χ0) is 19.0. The van der Waals surface area contributed by atoms with E-state index in [4.69, 9.17) is 0 Å². The van der Waals surface area contributed by atoms with Crippen molar-refractivity contribution >= 4 is 11.3 Å². The quantitative estimate of drug-likeness (QED) is 0.289. The van der Waals surface area contributed by atoms with Crippen LogP contribution in [0, 0.1) is 0 Å². The summed E-state index contributed by atoms with van der Waals surface area (Å²) in [6, 6.07) is 4.47. The van der Waals surface area contributed by atoms with Crippen molar-refractivity contribution < 1.29 is 5.11 Å². The van der Waals surface area contributed by atoms with Gasteiger partial charge in [0.15, 0.2) is 0 Å². The molecule has 0 saturated heterocycles. The first-order chi connectivity index (χ1) is 12.7. The zero-order valence-corrected chi connectivity index (χ0v) is 18.4. The highest BCUT2D eigenvalue weighted by Crippen LogP contribution is 2.29. The number of nitrogens with zero attached hydrogens (tertiary/aromatic N) is 1. The Hall–Kier alpha value is -0.380. The number of aliphatic hydroxyl groups excluding tert-OH is 1. The molecular formula is C23H43NOS. The molecule has 0 aromatic carbocycles. The van der Waals surface area contributed by atoms with Crippen LogP contribution in [0.1, 0.15) is 109 Å². The minimum absolute atomic E-state index is 0.168. The standard InChI is InChI=1S/C23H43NOS/c1-4-6-8-10-12-14-18-24(19-15-13-11-9-7-5-2)23(21(3)25)22-17-16-20-26-22/h16-17,20-21,23,25H,4-15,18-19H2,1-3H3. The van der Waals surface area contributed by atoms with Crippen LogP contribution in [-0.2, 0) is 0 Å². The Balaban J connectivity index is 2.50. The summed E-state index contributed by atoms with van der Waals surface area (Å²) in [4.78, 5) is 3.88. The molecule has 2 atom stereocenters. The van der Waals surface area contributed by atoms with Crippen LogP contribution in [0.3, 0.4) is 0 Å². The van der Waals surface area contributed by atoms with E-state index in [-0.39, 0.29) is 12.1 Å². The topological polar surface area (TPSA) is 23.5 Å². The van der Waals surface area contributed by atoms with Crippen molar-refractivity contribution in [1.29, 1.82) is 0 Å². The summed E-state index contributed by atoms with van der Waals surface area (Å²) in [6.45, 7) is 8.75. The summed E-state index contributed by atoms with van der Waals surface area (Å²) < 4.78 is 0. The molecule has 0 fully saturated rings. The third kappa shape index (κ3) is 10.1. The second-order valence-corrected chi connectivity index (χ2v) is 8.75. The van der Waals surface area contributed by atoms with E-state index in [9.17, 15) is 5.11 Å². The van der Waals surface area contributed by atoms with E-state index in [2.05, 4.69) is 36.3 Å². The monoisotopic (exact) mass is 381 g/mol. The van der Waals surface area contributed by atoms with Crippen LogP contribution in [0.15, 0.2) is 17.5 Å². The molecule has 26 heavy (non-hydrogen) atoms. The summed E-state index contributed by atoms with van der Waals surface area (Å²) >= 11 is 1.79. The first-order valence-corrected chi connectivity index (χ1v) is 12.0. The van der Waals surface area contributed by atoms with Gasteiger partial charge in [-0.1, -0.05) is 84.1 Å². The van der Waals surface area contributed by atoms with Gasteiger partial charge in [-0.15, -0.1) is 11.3 Å². The van der Waals surface area contributed by atoms with Crippen LogP contribution in [0.4, 0.5) is 0 Å². The molecular weight excluding hydrogens is 338 g/mol. The van der Waals surface area contributed by atoms with Crippen LogP contribution in [-0.4, -0.2) is 29.2 Å². The van der Waals surface area contributed by atoms with Gasteiger partial charge < -0.3 is 5.11 Å². The molecule has 1 heterocycles. The lowest BCUT2D eigenvalue weighted by Gasteiger charge is -2.33. The van der Waals surface area contributed by atoms with Gasteiger partial charge in [-0.3, -0.25) is 4.90 Å². The van der Waals surface area contributed by atoms with Crippen LogP contribution in [0.5, 0.6) is 0 Å². The lowest BCUT2D eigenvalue weighted by molar-refractivity contribution is 0.0592. The molecule has 0 radical (unpaired) electrons. The van der Waals surface area contributed by atoms with Crippen molar-refractivity contribution in [2.75, 3.05) is 13.1 Å². The molecule has 2 unspecified atom stereocenters. The first-order valence-electron chi connectivity index (χ1n) is 11.2. The van der Waals surface area contributed by atoms with Crippen LogP contribution in [0.25, 0.3) is 0 Å². The van der Waals surface area contributed by atoms with E-state index in [1.807, 2.05) is 6.92 Å². The van der Waals surface area contributed by atoms with Crippen LogP contribution >= 0.6 is 11.3 Å². The molecule has 0 aliphatic heterocycles. The van der Waals surface area contributed by atoms with Gasteiger partial charge >= 0.3 is 0 Å². The van der Waals surface area contributed by atoms with E-state index in [0.717, 1.165) is 13.1 Å². The third-order valence-electron chi connectivity index (χ3n) is 5.28. The average Bonchev–Trinajstić information content (AvgIpc) is 3.14. The van der Waals surface area contributed by atoms with Crippen molar-refractivity contribution in [3.63, 3.8) is 0 Å². The van der Waals surface area contributed by atoms with Crippen molar-refractivity contribution in [3.05, 3.63) is 22.4 Å². The summed E-state index contributed by atoms with van der Waals surface area (Å²) in [7, 11) is 0. The van der Waals surface area contributed by atoms with Gasteiger partial charge in [0.2, 0.25) is 0 Å². The number of aliphatic hydroxyl groups is 1. The molecule has 0 saturated carbocycles. The fourth-order valence-corrected chi connectivity index (χ4v) is 4.72. The van der Waals surface area contributed by atoms with E-state index in [0.29, 0.717) is 0 Å². The van der Waals surface area contributed by atoms with Crippen LogP contribution < -0.4 is 0 Å². The van der Waals surface area contributed by atoms with Crippen molar-refractivity contribution in [1.82, 2.24) is 4.90 Å². The fraction of sp³-hybridized carbons (Fsp3) is 0.826. The highest BCUT2D eigenvalue weighted by Gasteiger charge is 2.25. The maximum Gasteiger partial charge on any atom is 0.0716 e. The maximum atomic E-state index is 10.5. The lowest BCUT2D eigenvalue weighted by Crippen LogP contribution is -2.36. The molecule has 0 amide bonds. The second-order valence-electron chi connectivity index (χ2n) is 7.77. The molecule has 0 aliphatic rings. The molecule has 0 bridgehead atoms. The highest BCUT2D eigenvalue weighted by atomic mass is 32.1. The normalized spacial score (nSPS) is 14.0. The maximum absolute atomic E-state index is 10.5. The summed E-state index contributed by atoms with van der Waals surface area (Å²) in [5.74, 6) is 0. The average molecular weight is 382 g/mol. The van der Waals surface area contributed by atoms with Gasteiger partial charge in [0, 0.05) is 4.88 Å². The Kier molecular flexibility index (Phi) is 14.2. The number of unbranched alkanes of at least 4 members (excludes halogenated alkanes) is 10. The third-order valence-corrected chi connectivity index (χ3v) is 6.23. The molecule has 1 N–H and O–H groups in total. The Morgan fingerprint density at radius 3 is 1.77 bits per heavy atom. The van der Waals surface area contributed by atoms with E-state index in [1.54, 1.807) is 11.3 Å². The Labute approximate surface area is 167 Å². The molecule has 152 valence electrons. The van der Waals surface area contributed by atoms with E-state index >= 15 is 0 Å². The molecule has 0 spiro atoms. The van der Waals surface area contributed by atoms with Crippen molar-refractivity contribution in [3.8, 4) is 0 Å². The predicted molar refractivity (Wildman–Crippen MR) is 117 cm³/mol. The van der Waals surface area contributed by atoms with Crippen molar-refractivity contribution in [2.24, 2.45) is 0 Å². The first kappa shape index (κ1) is 23.7. The van der Waals surface area contributed by atoms with Crippen molar-refractivity contribution in [2.45, 2.75) is 110 Å². The number of thiophene rings is 1. The second kappa shape index (κ2) is 15.7. The van der Waals surface area contributed by atoms with Gasteiger partial charge in [0.05, 0.1) is 12.1 Å². The highest BCUT2D eigenvalue weighted by molar-refractivity contribution is 7.10. The van der Waals surface area contributed by atoms with Gasteiger partial charge in [0.25, 0.3) is 0 Å². The van der Waals surface area contributed by atoms with Gasteiger partial charge in [-0.2, -0.15) is 0 Å². The molecule has 1 aromatic heterocycles. The Bertz CT molecular complexity index is 388.